The summed E-state index contributed by atoms with van der Waals surface area (Å²) in [4.78, 5) is 35.0. The molecule has 2 N–H and O–H groups in total. The van der Waals surface area contributed by atoms with E-state index in [-0.39, 0.29) is 17.6 Å². The zero-order valence-electron chi connectivity index (χ0n) is 12.0. The highest BCUT2D eigenvalue weighted by Gasteiger charge is 2.19. The summed E-state index contributed by atoms with van der Waals surface area (Å²) in [6.45, 7) is 1.42. The normalized spacial score (nSPS) is 12.5. The molecule has 5 nitrogen and oxygen atoms in total. The van der Waals surface area contributed by atoms with Gasteiger partial charge >= 0.3 is 0 Å². The van der Waals surface area contributed by atoms with Crippen LogP contribution in [0.3, 0.4) is 0 Å². The van der Waals surface area contributed by atoms with Gasteiger partial charge < -0.3 is 10.6 Å². The highest BCUT2D eigenvalue weighted by Crippen LogP contribution is 2.25. The molecule has 2 aromatic rings. The quantitative estimate of drug-likeness (QED) is 0.853. The van der Waals surface area contributed by atoms with Gasteiger partial charge in [0, 0.05) is 29.4 Å². The smallest absolute Gasteiger partial charge is 0.228 e. The van der Waals surface area contributed by atoms with Crippen molar-refractivity contribution in [3.63, 3.8) is 0 Å². The number of amides is 2. The molecule has 0 fully saturated rings. The monoisotopic (exact) mass is 294 g/mol. The molecule has 0 saturated heterocycles. The lowest BCUT2D eigenvalue weighted by molar-refractivity contribution is -0.115. The van der Waals surface area contributed by atoms with E-state index in [1.54, 1.807) is 42.5 Å². The summed E-state index contributed by atoms with van der Waals surface area (Å²) >= 11 is 0. The molecule has 0 aliphatic carbocycles. The molecule has 3 rings (SSSR count). The summed E-state index contributed by atoms with van der Waals surface area (Å²) in [6.07, 6.45) is 0.294. The van der Waals surface area contributed by atoms with Gasteiger partial charge in [-0.3, -0.25) is 14.4 Å². The van der Waals surface area contributed by atoms with Crippen LogP contribution in [-0.2, 0) is 16.0 Å². The number of anilines is 2. The van der Waals surface area contributed by atoms with Crippen molar-refractivity contribution in [3.05, 3.63) is 59.2 Å². The number of benzene rings is 2. The van der Waals surface area contributed by atoms with E-state index in [1.807, 2.05) is 0 Å². The molecule has 1 aliphatic rings. The number of carbonyl (C=O) groups excluding carboxylic acids is 3. The first-order valence-electron chi connectivity index (χ1n) is 6.88. The van der Waals surface area contributed by atoms with Gasteiger partial charge in [-0.15, -0.1) is 0 Å². The first-order valence-corrected chi connectivity index (χ1v) is 6.88. The molecule has 1 aliphatic heterocycles. The Labute approximate surface area is 127 Å². The van der Waals surface area contributed by atoms with Crippen LogP contribution in [0, 0.1) is 0 Å². The second-order valence-electron chi connectivity index (χ2n) is 5.19. The van der Waals surface area contributed by atoms with Crippen molar-refractivity contribution < 1.29 is 14.4 Å². The topological polar surface area (TPSA) is 75.3 Å². The summed E-state index contributed by atoms with van der Waals surface area (Å²) in [5.41, 5.74) is 3.18. The predicted octanol–water partition coefficient (Wildman–Crippen LogP) is 2.37. The molecule has 0 aromatic heterocycles. The van der Waals surface area contributed by atoms with E-state index >= 15 is 0 Å². The fraction of sp³-hybridized carbons (Fsp3) is 0.118. The maximum atomic E-state index is 12.5. The van der Waals surface area contributed by atoms with Crippen LogP contribution in [0.5, 0.6) is 0 Å². The molecule has 0 spiro atoms. The first-order chi connectivity index (χ1) is 10.5. The lowest BCUT2D eigenvalue weighted by atomic mass is 10.00. The number of nitrogens with one attached hydrogen (secondary N) is 2. The fourth-order valence-corrected chi connectivity index (χ4v) is 2.48. The molecule has 22 heavy (non-hydrogen) atoms. The molecule has 0 radical (unpaired) electrons. The minimum Gasteiger partial charge on any atom is -0.326 e. The Hall–Kier alpha value is -2.95. The Balaban J connectivity index is 1.90. The van der Waals surface area contributed by atoms with Gasteiger partial charge in [0.25, 0.3) is 0 Å². The number of fused-ring (bicyclic) bond motifs is 1. The van der Waals surface area contributed by atoms with Crippen LogP contribution in [-0.4, -0.2) is 17.6 Å². The van der Waals surface area contributed by atoms with Crippen molar-refractivity contribution in [2.45, 2.75) is 13.3 Å². The van der Waals surface area contributed by atoms with Crippen LogP contribution < -0.4 is 10.6 Å². The first kappa shape index (κ1) is 14.0. The molecule has 0 unspecified atom stereocenters. The van der Waals surface area contributed by atoms with Gasteiger partial charge in [0.2, 0.25) is 11.8 Å². The second kappa shape index (κ2) is 5.44. The Bertz CT molecular complexity index is 796. The number of carbonyl (C=O) groups is 3. The van der Waals surface area contributed by atoms with E-state index in [1.165, 1.54) is 6.92 Å². The Morgan fingerprint density at radius 1 is 1.09 bits per heavy atom. The van der Waals surface area contributed by atoms with Gasteiger partial charge in [-0.1, -0.05) is 12.1 Å². The standard InChI is InChI=1S/C17H14N2O3/c1-10(20)18-14-4-2-3-11(8-14)17(22)12-5-6-15-13(7-12)9-16(21)19-15/h2-8H,9H2,1H3,(H,18,20)(H,19,21). The van der Waals surface area contributed by atoms with E-state index in [2.05, 4.69) is 10.6 Å². The van der Waals surface area contributed by atoms with Gasteiger partial charge in [-0.2, -0.15) is 0 Å². The maximum Gasteiger partial charge on any atom is 0.228 e. The van der Waals surface area contributed by atoms with Crippen molar-refractivity contribution in [1.29, 1.82) is 0 Å². The molecule has 5 heteroatoms. The number of rotatable bonds is 3. The van der Waals surface area contributed by atoms with Crippen LogP contribution in [0.25, 0.3) is 0 Å². The third kappa shape index (κ3) is 2.74. The fourth-order valence-electron chi connectivity index (χ4n) is 2.48. The number of hydrogen-bond donors (Lipinski definition) is 2. The predicted molar refractivity (Wildman–Crippen MR) is 83.0 cm³/mol. The van der Waals surface area contributed by atoms with Gasteiger partial charge in [-0.25, -0.2) is 0 Å². The van der Waals surface area contributed by atoms with E-state index in [0.717, 1.165) is 11.3 Å². The summed E-state index contributed by atoms with van der Waals surface area (Å²) in [7, 11) is 0. The lowest BCUT2D eigenvalue weighted by Crippen LogP contribution is -2.07. The maximum absolute atomic E-state index is 12.5. The molecule has 0 bridgehead atoms. The number of ketones is 1. The molecule has 0 saturated carbocycles. The Kier molecular flexibility index (Phi) is 3.47. The molecule has 0 atom stereocenters. The highest BCUT2D eigenvalue weighted by atomic mass is 16.2. The second-order valence-corrected chi connectivity index (χ2v) is 5.19. The SMILES string of the molecule is CC(=O)Nc1cccc(C(=O)c2ccc3c(c2)CC(=O)N3)c1. The van der Waals surface area contributed by atoms with Crippen molar-refractivity contribution in [3.8, 4) is 0 Å². The molecule has 2 amide bonds. The van der Waals surface area contributed by atoms with Gasteiger partial charge in [-0.05, 0) is 35.9 Å². The summed E-state index contributed by atoms with van der Waals surface area (Å²) in [5, 5.41) is 5.39. The summed E-state index contributed by atoms with van der Waals surface area (Å²) < 4.78 is 0. The lowest BCUT2D eigenvalue weighted by Gasteiger charge is -2.06. The van der Waals surface area contributed by atoms with E-state index in [0.29, 0.717) is 23.2 Å². The van der Waals surface area contributed by atoms with Crippen molar-refractivity contribution in [1.82, 2.24) is 0 Å². The summed E-state index contributed by atoms with van der Waals surface area (Å²) in [5.74, 6) is -0.395. The molecule has 2 aromatic carbocycles. The Morgan fingerprint density at radius 3 is 2.64 bits per heavy atom. The van der Waals surface area contributed by atoms with Crippen LogP contribution in [0.4, 0.5) is 11.4 Å². The van der Waals surface area contributed by atoms with Gasteiger partial charge in [0.05, 0.1) is 6.42 Å². The minimum atomic E-state index is -0.188. The van der Waals surface area contributed by atoms with Crippen molar-refractivity contribution in [2.24, 2.45) is 0 Å². The molecular weight excluding hydrogens is 280 g/mol. The zero-order valence-corrected chi connectivity index (χ0v) is 12.0. The van der Waals surface area contributed by atoms with Crippen LogP contribution >= 0.6 is 0 Å². The van der Waals surface area contributed by atoms with E-state index < -0.39 is 0 Å². The number of hydrogen-bond acceptors (Lipinski definition) is 3. The van der Waals surface area contributed by atoms with Crippen LogP contribution in [0.1, 0.15) is 28.4 Å². The van der Waals surface area contributed by atoms with Gasteiger partial charge in [0.1, 0.15) is 0 Å². The molecule has 110 valence electrons. The Morgan fingerprint density at radius 2 is 1.86 bits per heavy atom. The highest BCUT2D eigenvalue weighted by molar-refractivity contribution is 6.11. The van der Waals surface area contributed by atoms with Gasteiger partial charge in [0.15, 0.2) is 5.78 Å². The van der Waals surface area contributed by atoms with E-state index in [9.17, 15) is 14.4 Å². The van der Waals surface area contributed by atoms with Crippen LogP contribution in [0.15, 0.2) is 42.5 Å². The minimum absolute atomic E-state index is 0.0627. The third-order valence-corrected chi connectivity index (χ3v) is 3.44. The molecule has 1 heterocycles. The van der Waals surface area contributed by atoms with E-state index in [4.69, 9.17) is 0 Å². The third-order valence-electron chi connectivity index (χ3n) is 3.44. The van der Waals surface area contributed by atoms with Crippen molar-refractivity contribution in [2.75, 3.05) is 10.6 Å². The average Bonchev–Trinajstić information content (AvgIpc) is 2.85. The van der Waals surface area contributed by atoms with Crippen LogP contribution in [0.2, 0.25) is 0 Å². The largest absolute Gasteiger partial charge is 0.326 e. The van der Waals surface area contributed by atoms with Crippen molar-refractivity contribution >= 4 is 29.0 Å². The zero-order chi connectivity index (χ0) is 15.7. The summed E-state index contributed by atoms with van der Waals surface area (Å²) in [6, 6.07) is 12.0. The molecular formula is C17H14N2O3. The average molecular weight is 294 g/mol.